The molecule has 0 aliphatic heterocycles. The Morgan fingerprint density at radius 1 is 1.27 bits per heavy atom. The van der Waals surface area contributed by atoms with Crippen LogP contribution < -0.4 is 39.8 Å². The molecule has 0 aliphatic carbocycles. The number of thiocarbonyl (C=S) groups is 1. The number of nitrogens with one attached hydrogen (secondary N) is 1. The van der Waals surface area contributed by atoms with Crippen LogP contribution in [0.5, 0.6) is 0 Å². The third kappa shape index (κ3) is 8.75. The Morgan fingerprint density at radius 2 is 1.73 bits per heavy atom. The van der Waals surface area contributed by atoms with Crippen molar-refractivity contribution in [3.05, 3.63) is 29.3 Å². The van der Waals surface area contributed by atoms with E-state index in [1.807, 2.05) is 32.0 Å². The predicted molar refractivity (Wildman–Crippen MR) is 106 cm³/mol. The maximum Gasteiger partial charge on any atom is 1.00 e. The van der Waals surface area contributed by atoms with Gasteiger partial charge in [0.25, 0.3) is 5.91 Å². The number of methoxy groups -OCH3 is 2. The van der Waals surface area contributed by atoms with E-state index in [-0.39, 0.29) is 42.1 Å². The molecule has 0 saturated heterocycles. The van der Waals surface area contributed by atoms with Gasteiger partial charge in [0.05, 0.1) is 12.8 Å². The Balaban J connectivity index is 0. The van der Waals surface area contributed by atoms with Crippen LogP contribution in [0, 0.1) is 13.8 Å². The summed E-state index contributed by atoms with van der Waals surface area (Å²) in [5.74, 6) is -0.736. The second-order valence-electron chi connectivity index (χ2n) is 5.17. The molecule has 0 fully saturated rings. The summed E-state index contributed by atoms with van der Waals surface area (Å²) in [5, 5.41) is 2.57. The van der Waals surface area contributed by atoms with E-state index in [1.165, 1.54) is 19.1 Å². The number of ether oxygens (including phenoxy) is 2. The normalized spacial score (nSPS) is 10.4. The van der Waals surface area contributed by atoms with Gasteiger partial charge in [-0.1, -0.05) is 22.5 Å². The quantitative estimate of drug-likeness (QED) is 0.287. The molecule has 0 spiro atoms. The van der Waals surface area contributed by atoms with Crippen LogP contribution in [0.1, 0.15) is 18.1 Å². The van der Waals surface area contributed by atoms with Crippen molar-refractivity contribution < 1.29 is 48.6 Å². The van der Waals surface area contributed by atoms with E-state index >= 15 is 0 Å². The van der Waals surface area contributed by atoms with Crippen molar-refractivity contribution >= 4 is 46.7 Å². The number of rotatable bonds is 5. The Hall–Kier alpha value is -0.770. The number of aryl methyl sites for hydroxylation is 2. The fourth-order valence-electron chi connectivity index (χ4n) is 2.19. The van der Waals surface area contributed by atoms with Crippen LogP contribution in [-0.4, -0.2) is 50.1 Å². The van der Waals surface area contributed by atoms with Crippen LogP contribution in [0.3, 0.4) is 0 Å². The molecule has 1 amide bonds. The summed E-state index contributed by atoms with van der Waals surface area (Å²) in [5.41, 5.74) is 2.57. The predicted octanol–water partition coefficient (Wildman–Crippen LogP) is -1.11. The van der Waals surface area contributed by atoms with E-state index in [4.69, 9.17) is 9.47 Å². The van der Waals surface area contributed by atoms with E-state index in [2.05, 4.69) is 30.2 Å². The zero-order valence-electron chi connectivity index (χ0n) is 16.4. The first-order chi connectivity index (χ1) is 11.7. The van der Waals surface area contributed by atoms with Crippen LogP contribution in [0.25, 0.3) is 0 Å². The molecular weight excluding hydrogens is 383 g/mol. The number of hydrogen-bond donors (Lipinski definition) is 1. The monoisotopic (exact) mass is 408 g/mol. The number of benzene rings is 1. The number of nitrogens with zero attached hydrogens (tertiary/aromatic N) is 1. The van der Waals surface area contributed by atoms with Gasteiger partial charge in [0.2, 0.25) is 0 Å². The van der Waals surface area contributed by atoms with Crippen molar-refractivity contribution in [1.29, 1.82) is 0 Å². The Bertz CT molecular complexity index is 594. The van der Waals surface area contributed by atoms with Crippen LogP contribution in [0.15, 0.2) is 18.2 Å². The largest absolute Gasteiger partial charge is 1.00 e. The zero-order valence-corrected chi connectivity index (χ0v) is 20.0. The van der Waals surface area contributed by atoms with Gasteiger partial charge in [-0.15, -0.1) is 0 Å². The van der Waals surface area contributed by atoms with Crippen molar-refractivity contribution in [2.45, 2.75) is 26.8 Å². The average Bonchev–Trinajstić information content (AvgIpc) is 2.57. The summed E-state index contributed by atoms with van der Waals surface area (Å²) in [6.07, 6.45) is 0. The molecule has 1 N–H and O–H groups in total. The molecule has 1 atom stereocenters. The summed E-state index contributed by atoms with van der Waals surface area (Å²) in [6, 6.07) is 5.01. The molecule has 0 aliphatic rings. The van der Waals surface area contributed by atoms with E-state index in [1.54, 1.807) is 14.0 Å². The third-order valence-corrected chi connectivity index (χ3v) is 3.76. The van der Waals surface area contributed by atoms with Crippen molar-refractivity contribution in [2.75, 3.05) is 32.8 Å². The number of carbonyl (C=O) groups is 2. The molecule has 9 heteroatoms. The van der Waals surface area contributed by atoms with Gasteiger partial charge in [-0.05, 0) is 31.9 Å². The van der Waals surface area contributed by atoms with Gasteiger partial charge in [0, 0.05) is 14.2 Å². The molecule has 0 unspecified atom stereocenters. The first kappa shape index (κ1) is 27.4. The van der Waals surface area contributed by atoms with Crippen molar-refractivity contribution in [3.63, 3.8) is 0 Å². The van der Waals surface area contributed by atoms with E-state index in [9.17, 15) is 9.59 Å². The molecule has 1 rings (SSSR count). The summed E-state index contributed by atoms with van der Waals surface area (Å²) in [7, 11) is 4.46. The molecule has 0 radical (unpaired) electrons. The second-order valence-corrected chi connectivity index (χ2v) is 6.25. The maximum atomic E-state index is 12.3. The minimum Gasteiger partial charge on any atom is -0.467 e. The minimum absolute atomic E-state index is 0. The van der Waals surface area contributed by atoms with Crippen LogP contribution in [-0.2, 0) is 31.7 Å². The van der Waals surface area contributed by atoms with Gasteiger partial charge < -0.3 is 39.6 Å². The number of anilines is 1. The SMILES string of the molecule is CNC(=S)[S-].COCC(=O)N(c1c(C)cccc1C)[C@H](C)C(=O)OC.[Na+]. The van der Waals surface area contributed by atoms with Gasteiger partial charge >= 0.3 is 35.5 Å². The third-order valence-electron chi connectivity index (χ3n) is 3.35. The van der Waals surface area contributed by atoms with Gasteiger partial charge in [-0.2, -0.15) is 0 Å². The number of amides is 1. The molecule has 1 aromatic carbocycles. The van der Waals surface area contributed by atoms with E-state index in [0.717, 1.165) is 16.8 Å². The first-order valence-electron chi connectivity index (χ1n) is 7.54. The molecule has 0 bridgehead atoms. The van der Waals surface area contributed by atoms with Gasteiger partial charge in [-0.3, -0.25) is 9.69 Å². The van der Waals surface area contributed by atoms with Gasteiger partial charge in [0.1, 0.15) is 12.6 Å². The number of esters is 1. The number of carbonyl (C=O) groups excluding carboxylic acids is 2. The fourth-order valence-corrected chi connectivity index (χ4v) is 2.19. The van der Waals surface area contributed by atoms with Crippen molar-refractivity contribution in [1.82, 2.24) is 5.32 Å². The van der Waals surface area contributed by atoms with Crippen LogP contribution in [0.2, 0.25) is 0 Å². The summed E-state index contributed by atoms with van der Waals surface area (Å²) in [4.78, 5) is 25.5. The van der Waals surface area contributed by atoms with Crippen molar-refractivity contribution in [2.24, 2.45) is 0 Å². The topological polar surface area (TPSA) is 67.9 Å². The fraction of sp³-hybridized carbons (Fsp3) is 0.471. The van der Waals surface area contributed by atoms with E-state index < -0.39 is 12.0 Å². The summed E-state index contributed by atoms with van der Waals surface area (Å²) < 4.78 is 10.1. The molecule has 0 saturated carbocycles. The molecule has 1 aromatic rings. The Morgan fingerprint density at radius 3 is 2.08 bits per heavy atom. The number of hydrogen-bond acceptors (Lipinski definition) is 6. The van der Waals surface area contributed by atoms with Gasteiger partial charge in [-0.25, -0.2) is 4.79 Å². The molecule has 26 heavy (non-hydrogen) atoms. The van der Waals surface area contributed by atoms with Crippen LogP contribution in [0.4, 0.5) is 5.69 Å². The smallest absolute Gasteiger partial charge is 0.467 e. The second kappa shape index (κ2) is 14.3. The number of para-hydroxylation sites is 1. The first-order valence-corrected chi connectivity index (χ1v) is 8.36. The molecule has 6 nitrogen and oxygen atoms in total. The summed E-state index contributed by atoms with van der Waals surface area (Å²) >= 11 is 8.80. The van der Waals surface area contributed by atoms with Crippen molar-refractivity contribution in [3.8, 4) is 0 Å². The summed E-state index contributed by atoms with van der Waals surface area (Å²) in [6.45, 7) is 5.36. The molecule has 0 heterocycles. The standard InChI is InChI=1S/C15H21NO4.C2H5NS2.Na/c1-10-7-6-8-11(2)14(10)16(13(17)9-19-4)12(3)15(18)20-5;1-3-2(4)5;/h6-8,12H,9H2,1-5H3;1H3,(H2,3,4,5);/q;;+1/p-1/t12-;;/m1../s1. The Labute approximate surface area is 188 Å². The van der Waals surface area contributed by atoms with Gasteiger partial charge in [0.15, 0.2) is 0 Å². The van der Waals surface area contributed by atoms with E-state index in [0.29, 0.717) is 4.32 Å². The average molecular weight is 409 g/mol. The Kier molecular flexibility index (Phi) is 15.1. The van der Waals surface area contributed by atoms with Crippen LogP contribution >= 0.6 is 12.2 Å². The maximum absolute atomic E-state index is 12.3. The minimum atomic E-state index is -0.706. The molecular formula is C17H25N2NaO4S2. The molecule has 0 aromatic heterocycles. The zero-order chi connectivity index (χ0) is 19.6. The molecule has 140 valence electrons.